The number of carboxylic acids is 1. The summed E-state index contributed by atoms with van der Waals surface area (Å²) in [6.45, 7) is 2.30. The topological polar surface area (TPSA) is 92.9 Å². The van der Waals surface area contributed by atoms with E-state index in [0.29, 0.717) is 18.9 Å². The minimum atomic E-state index is -0.792. The Morgan fingerprint density at radius 3 is 2.87 bits per heavy atom. The van der Waals surface area contributed by atoms with E-state index in [0.717, 1.165) is 6.42 Å². The summed E-state index contributed by atoms with van der Waals surface area (Å²) < 4.78 is 1.46. The highest BCUT2D eigenvalue weighted by molar-refractivity contribution is 5.70. The van der Waals surface area contributed by atoms with Crippen LogP contribution in [-0.2, 0) is 11.8 Å². The molecule has 0 saturated carbocycles. The van der Waals surface area contributed by atoms with Crippen LogP contribution in [0.25, 0.3) is 0 Å². The van der Waals surface area contributed by atoms with Gasteiger partial charge in [0.25, 0.3) is 0 Å². The van der Waals surface area contributed by atoms with Crippen LogP contribution >= 0.6 is 0 Å². The van der Waals surface area contributed by atoms with Gasteiger partial charge in [-0.2, -0.15) is 0 Å². The van der Waals surface area contributed by atoms with Crippen LogP contribution in [0.1, 0.15) is 19.8 Å². The molecule has 0 saturated heterocycles. The van der Waals surface area contributed by atoms with Crippen LogP contribution in [0.3, 0.4) is 0 Å². The highest BCUT2D eigenvalue weighted by Crippen LogP contribution is 2.07. The number of nitrogens with zero attached hydrogens (tertiary/aromatic N) is 4. The minimum Gasteiger partial charge on any atom is -0.481 e. The zero-order chi connectivity index (χ0) is 11.3. The molecule has 1 rings (SSSR count). The van der Waals surface area contributed by atoms with Crippen LogP contribution in [0.15, 0.2) is 0 Å². The van der Waals surface area contributed by atoms with Gasteiger partial charge in [-0.25, -0.2) is 4.68 Å². The molecule has 1 atom stereocenters. The first-order valence-electron chi connectivity index (χ1n) is 4.84. The van der Waals surface area contributed by atoms with Crippen molar-refractivity contribution in [1.29, 1.82) is 0 Å². The predicted octanol–water partition coefficient (Wildman–Crippen LogP) is 0.123. The van der Waals surface area contributed by atoms with Crippen molar-refractivity contribution < 1.29 is 9.90 Å². The molecule has 2 N–H and O–H groups in total. The first kappa shape index (κ1) is 11.4. The summed E-state index contributed by atoms with van der Waals surface area (Å²) in [6, 6.07) is 0. The zero-order valence-corrected chi connectivity index (χ0v) is 8.84. The van der Waals surface area contributed by atoms with E-state index in [9.17, 15) is 4.79 Å². The number of tetrazole rings is 1. The molecule has 7 nitrogen and oxygen atoms in total. The highest BCUT2D eigenvalue weighted by atomic mass is 16.4. The van der Waals surface area contributed by atoms with Crippen LogP contribution in [0.5, 0.6) is 0 Å². The third-order valence-electron chi connectivity index (χ3n) is 2.11. The van der Waals surface area contributed by atoms with E-state index in [1.807, 2.05) is 6.92 Å². The Morgan fingerprint density at radius 1 is 1.67 bits per heavy atom. The SMILES string of the molecule is CCCC(CNc1nnnn1C)C(=O)O. The molecule has 0 amide bonds. The summed E-state index contributed by atoms with van der Waals surface area (Å²) in [5, 5.41) is 22.6. The normalized spacial score (nSPS) is 12.4. The number of aliphatic carboxylic acids is 1. The van der Waals surface area contributed by atoms with Crippen LogP contribution < -0.4 is 5.32 Å². The van der Waals surface area contributed by atoms with Crippen molar-refractivity contribution in [1.82, 2.24) is 20.2 Å². The maximum Gasteiger partial charge on any atom is 0.308 e. The lowest BCUT2D eigenvalue weighted by atomic mass is 10.0. The first-order valence-corrected chi connectivity index (χ1v) is 4.84. The molecule has 1 aromatic heterocycles. The fourth-order valence-corrected chi connectivity index (χ4v) is 1.26. The number of hydrogen-bond acceptors (Lipinski definition) is 5. The Labute approximate surface area is 87.5 Å². The zero-order valence-electron chi connectivity index (χ0n) is 8.84. The van der Waals surface area contributed by atoms with Gasteiger partial charge in [-0.05, 0) is 16.8 Å². The summed E-state index contributed by atoms with van der Waals surface area (Å²) in [6.07, 6.45) is 1.49. The van der Waals surface area contributed by atoms with Crippen molar-refractivity contribution in [3.63, 3.8) is 0 Å². The van der Waals surface area contributed by atoms with E-state index >= 15 is 0 Å². The van der Waals surface area contributed by atoms with Gasteiger partial charge < -0.3 is 10.4 Å². The monoisotopic (exact) mass is 213 g/mol. The fraction of sp³-hybridized carbons (Fsp3) is 0.750. The van der Waals surface area contributed by atoms with E-state index in [4.69, 9.17) is 5.11 Å². The van der Waals surface area contributed by atoms with E-state index < -0.39 is 11.9 Å². The molecule has 0 aliphatic carbocycles. The molecule has 0 aromatic carbocycles. The number of rotatable bonds is 6. The van der Waals surface area contributed by atoms with Crippen molar-refractivity contribution >= 4 is 11.9 Å². The maximum atomic E-state index is 10.8. The molecule has 84 valence electrons. The third kappa shape index (κ3) is 3.19. The molecular formula is C8H15N5O2. The molecule has 1 unspecified atom stereocenters. The van der Waals surface area contributed by atoms with E-state index in [-0.39, 0.29) is 0 Å². The lowest BCUT2D eigenvalue weighted by Crippen LogP contribution is -2.23. The molecule has 0 bridgehead atoms. The largest absolute Gasteiger partial charge is 0.481 e. The van der Waals surface area contributed by atoms with Crippen LogP contribution in [0.4, 0.5) is 5.95 Å². The Morgan fingerprint density at radius 2 is 2.40 bits per heavy atom. The van der Waals surface area contributed by atoms with Crippen molar-refractivity contribution in [3.8, 4) is 0 Å². The second kappa shape index (κ2) is 5.28. The molecule has 0 radical (unpaired) electrons. The highest BCUT2D eigenvalue weighted by Gasteiger charge is 2.16. The van der Waals surface area contributed by atoms with Crippen molar-refractivity contribution in [2.45, 2.75) is 19.8 Å². The van der Waals surface area contributed by atoms with Gasteiger partial charge in [0.15, 0.2) is 0 Å². The summed E-state index contributed by atoms with van der Waals surface area (Å²) in [4.78, 5) is 10.8. The lowest BCUT2D eigenvalue weighted by Gasteiger charge is -2.11. The van der Waals surface area contributed by atoms with Crippen LogP contribution in [0.2, 0.25) is 0 Å². The number of anilines is 1. The first-order chi connectivity index (χ1) is 7.15. The second-order valence-corrected chi connectivity index (χ2v) is 3.33. The molecule has 7 heteroatoms. The second-order valence-electron chi connectivity index (χ2n) is 3.33. The third-order valence-corrected chi connectivity index (χ3v) is 2.11. The molecule has 0 aliphatic rings. The van der Waals surface area contributed by atoms with Gasteiger partial charge in [-0.3, -0.25) is 4.79 Å². The Hall–Kier alpha value is -1.66. The predicted molar refractivity (Wildman–Crippen MR) is 53.3 cm³/mol. The standard InChI is InChI=1S/C8H15N5O2/c1-3-4-6(7(14)15)5-9-8-10-11-12-13(8)2/h6H,3-5H2,1-2H3,(H,14,15)(H,9,10,12). The molecule has 15 heavy (non-hydrogen) atoms. The Balaban J connectivity index is 2.47. The van der Waals surface area contributed by atoms with E-state index in [1.165, 1.54) is 4.68 Å². The molecule has 0 fully saturated rings. The van der Waals surface area contributed by atoms with Crippen LogP contribution in [-0.4, -0.2) is 37.8 Å². The molecular weight excluding hydrogens is 198 g/mol. The number of hydrogen-bond donors (Lipinski definition) is 2. The van der Waals surface area contributed by atoms with Crippen molar-refractivity contribution in [3.05, 3.63) is 0 Å². The van der Waals surface area contributed by atoms with Gasteiger partial charge in [-0.1, -0.05) is 18.4 Å². The average Bonchev–Trinajstić information content (AvgIpc) is 2.58. The van der Waals surface area contributed by atoms with Crippen LogP contribution in [0, 0.1) is 5.92 Å². The van der Waals surface area contributed by atoms with Crippen molar-refractivity contribution in [2.75, 3.05) is 11.9 Å². The number of nitrogens with one attached hydrogen (secondary N) is 1. The van der Waals surface area contributed by atoms with Gasteiger partial charge in [-0.15, -0.1) is 0 Å². The van der Waals surface area contributed by atoms with Gasteiger partial charge >= 0.3 is 5.97 Å². The Bertz CT molecular complexity index is 325. The molecule has 0 spiro atoms. The molecule has 1 heterocycles. The summed E-state index contributed by atoms with van der Waals surface area (Å²) >= 11 is 0. The number of aryl methyl sites for hydroxylation is 1. The van der Waals surface area contributed by atoms with Gasteiger partial charge in [0.1, 0.15) is 0 Å². The fourth-order valence-electron chi connectivity index (χ4n) is 1.26. The summed E-state index contributed by atoms with van der Waals surface area (Å²) in [7, 11) is 1.69. The van der Waals surface area contributed by atoms with E-state index in [1.54, 1.807) is 7.05 Å². The smallest absolute Gasteiger partial charge is 0.308 e. The summed E-state index contributed by atoms with van der Waals surface area (Å²) in [5.41, 5.74) is 0. The van der Waals surface area contributed by atoms with Gasteiger partial charge in [0.2, 0.25) is 5.95 Å². The molecule has 1 aromatic rings. The minimum absolute atomic E-state index is 0.345. The van der Waals surface area contributed by atoms with Gasteiger partial charge in [0.05, 0.1) is 5.92 Å². The van der Waals surface area contributed by atoms with E-state index in [2.05, 4.69) is 20.8 Å². The quantitative estimate of drug-likeness (QED) is 0.697. The average molecular weight is 213 g/mol. The number of carboxylic acid groups (broad SMARTS) is 1. The number of aromatic nitrogens is 4. The lowest BCUT2D eigenvalue weighted by molar-refractivity contribution is -0.141. The Kier molecular flexibility index (Phi) is 4.02. The van der Waals surface area contributed by atoms with Gasteiger partial charge in [0, 0.05) is 13.6 Å². The summed E-state index contributed by atoms with van der Waals surface area (Å²) in [5.74, 6) is -0.705. The molecule has 0 aliphatic heterocycles. The maximum absolute atomic E-state index is 10.8. The number of carbonyl (C=O) groups is 1. The van der Waals surface area contributed by atoms with Crippen molar-refractivity contribution in [2.24, 2.45) is 13.0 Å².